The molecule has 146 valence electrons. The zero-order valence-electron chi connectivity index (χ0n) is 15.5. The molecule has 2 aromatic rings. The fraction of sp³-hybridized carbons (Fsp3) is 0.421. The standard InChI is InChI=1S/C19H23NO7/c1-4-11(2)18(19(24)25-3)20-16(22)10-27-17(23)7-12-9-26-15-8-13(21)5-6-14(12)15/h5-6,8-9,11,18,21H,4,7,10H2,1-3H3,(H,20,22)/t11-,18-/m0/s1. The van der Waals surface area contributed by atoms with Crippen LogP contribution in [-0.4, -0.2) is 42.7 Å². The van der Waals surface area contributed by atoms with E-state index in [9.17, 15) is 19.5 Å². The Labute approximate surface area is 156 Å². The van der Waals surface area contributed by atoms with Gasteiger partial charge in [0.2, 0.25) is 0 Å². The van der Waals surface area contributed by atoms with Crippen LogP contribution in [0.25, 0.3) is 11.0 Å². The normalized spacial score (nSPS) is 13.0. The zero-order chi connectivity index (χ0) is 20.0. The van der Waals surface area contributed by atoms with Crippen LogP contribution in [0.4, 0.5) is 0 Å². The van der Waals surface area contributed by atoms with Gasteiger partial charge in [0, 0.05) is 17.0 Å². The molecule has 0 aliphatic rings. The fourth-order valence-electron chi connectivity index (χ4n) is 2.57. The van der Waals surface area contributed by atoms with Crippen molar-refractivity contribution < 1.29 is 33.4 Å². The van der Waals surface area contributed by atoms with E-state index in [0.29, 0.717) is 23.0 Å². The maximum absolute atomic E-state index is 12.0. The Balaban J connectivity index is 1.90. The Hall–Kier alpha value is -3.03. The first kappa shape index (κ1) is 20.3. The third kappa shape index (κ3) is 5.22. The number of aromatic hydroxyl groups is 1. The summed E-state index contributed by atoms with van der Waals surface area (Å²) in [5.74, 6) is -1.80. The Morgan fingerprint density at radius 1 is 1.30 bits per heavy atom. The molecule has 8 nitrogen and oxygen atoms in total. The third-order valence-corrected chi connectivity index (χ3v) is 4.32. The lowest BCUT2D eigenvalue weighted by Gasteiger charge is -2.21. The van der Waals surface area contributed by atoms with E-state index in [-0.39, 0.29) is 18.1 Å². The van der Waals surface area contributed by atoms with Gasteiger partial charge in [-0.2, -0.15) is 0 Å². The summed E-state index contributed by atoms with van der Waals surface area (Å²) < 4.78 is 15.0. The van der Waals surface area contributed by atoms with E-state index in [1.807, 2.05) is 13.8 Å². The number of fused-ring (bicyclic) bond motifs is 1. The number of phenols is 1. The van der Waals surface area contributed by atoms with Crippen LogP contribution >= 0.6 is 0 Å². The molecule has 0 fully saturated rings. The predicted molar refractivity (Wildman–Crippen MR) is 95.9 cm³/mol. The molecule has 0 unspecified atom stereocenters. The first-order valence-corrected chi connectivity index (χ1v) is 8.57. The van der Waals surface area contributed by atoms with Gasteiger partial charge in [-0.25, -0.2) is 4.79 Å². The average molecular weight is 377 g/mol. The predicted octanol–water partition coefficient (Wildman–Crippen LogP) is 1.93. The van der Waals surface area contributed by atoms with Crippen LogP contribution in [0.2, 0.25) is 0 Å². The number of benzene rings is 1. The Morgan fingerprint density at radius 2 is 2.04 bits per heavy atom. The highest BCUT2D eigenvalue weighted by Gasteiger charge is 2.27. The summed E-state index contributed by atoms with van der Waals surface area (Å²) in [4.78, 5) is 35.8. The second-order valence-electron chi connectivity index (χ2n) is 6.23. The number of furan rings is 1. The van der Waals surface area contributed by atoms with Crippen molar-refractivity contribution in [1.29, 1.82) is 0 Å². The number of nitrogens with one attached hydrogen (secondary N) is 1. The van der Waals surface area contributed by atoms with Crippen molar-refractivity contribution in [1.82, 2.24) is 5.32 Å². The molecule has 8 heteroatoms. The number of amides is 1. The van der Waals surface area contributed by atoms with Crippen LogP contribution in [0.5, 0.6) is 5.75 Å². The van der Waals surface area contributed by atoms with Gasteiger partial charge < -0.3 is 24.3 Å². The highest BCUT2D eigenvalue weighted by molar-refractivity contribution is 5.88. The minimum atomic E-state index is -0.795. The molecular formula is C19H23NO7. The van der Waals surface area contributed by atoms with E-state index in [4.69, 9.17) is 13.9 Å². The summed E-state index contributed by atoms with van der Waals surface area (Å²) in [6.45, 7) is 3.21. The van der Waals surface area contributed by atoms with E-state index in [1.54, 1.807) is 6.07 Å². The summed E-state index contributed by atoms with van der Waals surface area (Å²) in [6.07, 6.45) is 1.99. The summed E-state index contributed by atoms with van der Waals surface area (Å²) >= 11 is 0. The minimum absolute atomic E-state index is 0.0594. The second-order valence-corrected chi connectivity index (χ2v) is 6.23. The summed E-state index contributed by atoms with van der Waals surface area (Å²) in [5, 5.41) is 12.6. The number of carbonyl (C=O) groups is 3. The molecule has 0 aliphatic heterocycles. The smallest absolute Gasteiger partial charge is 0.328 e. The zero-order valence-corrected chi connectivity index (χ0v) is 15.5. The van der Waals surface area contributed by atoms with E-state index in [2.05, 4.69) is 5.32 Å². The number of methoxy groups -OCH3 is 1. The number of hydrogen-bond acceptors (Lipinski definition) is 7. The lowest BCUT2D eigenvalue weighted by atomic mass is 9.99. The molecule has 0 spiro atoms. The first-order chi connectivity index (χ1) is 12.8. The second kappa shape index (κ2) is 9.07. The molecule has 1 heterocycles. The first-order valence-electron chi connectivity index (χ1n) is 8.57. The summed E-state index contributed by atoms with van der Waals surface area (Å²) in [6, 6.07) is 3.77. The van der Waals surface area contributed by atoms with Crippen LogP contribution in [0.1, 0.15) is 25.8 Å². The number of esters is 2. The van der Waals surface area contributed by atoms with Gasteiger partial charge in [0.15, 0.2) is 6.61 Å². The maximum atomic E-state index is 12.0. The highest BCUT2D eigenvalue weighted by atomic mass is 16.5. The van der Waals surface area contributed by atoms with Crippen LogP contribution in [-0.2, 0) is 30.3 Å². The summed E-state index contributed by atoms with van der Waals surface area (Å²) in [7, 11) is 1.25. The van der Waals surface area contributed by atoms with Gasteiger partial charge in [0.25, 0.3) is 5.91 Å². The Kier molecular flexibility index (Phi) is 6.81. The third-order valence-electron chi connectivity index (χ3n) is 4.32. The van der Waals surface area contributed by atoms with Gasteiger partial charge in [0.05, 0.1) is 19.8 Å². The number of hydrogen-bond donors (Lipinski definition) is 2. The average Bonchev–Trinajstić information content (AvgIpc) is 3.04. The van der Waals surface area contributed by atoms with Crippen molar-refractivity contribution in [2.75, 3.05) is 13.7 Å². The fourth-order valence-corrected chi connectivity index (χ4v) is 2.57. The van der Waals surface area contributed by atoms with Gasteiger partial charge in [-0.15, -0.1) is 0 Å². The molecule has 1 aromatic heterocycles. The molecule has 2 N–H and O–H groups in total. The molecule has 27 heavy (non-hydrogen) atoms. The largest absolute Gasteiger partial charge is 0.508 e. The van der Waals surface area contributed by atoms with E-state index < -0.39 is 30.5 Å². The van der Waals surface area contributed by atoms with E-state index in [0.717, 1.165) is 0 Å². The van der Waals surface area contributed by atoms with Gasteiger partial charge >= 0.3 is 11.9 Å². The molecule has 0 bridgehead atoms. The van der Waals surface area contributed by atoms with Gasteiger partial charge in [-0.1, -0.05) is 20.3 Å². The van der Waals surface area contributed by atoms with Crippen molar-refractivity contribution in [3.8, 4) is 5.75 Å². The molecule has 2 atom stereocenters. The molecule has 0 saturated carbocycles. The van der Waals surface area contributed by atoms with Crippen molar-refractivity contribution in [2.24, 2.45) is 5.92 Å². The Morgan fingerprint density at radius 3 is 2.70 bits per heavy atom. The van der Waals surface area contributed by atoms with Crippen LogP contribution < -0.4 is 5.32 Å². The van der Waals surface area contributed by atoms with Crippen molar-refractivity contribution in [3.63, 3.8) is 0 Å². The molecular weight excluding hydrogens is 354 g/mol. The Bertz CT molecular complexity index is 827. The molecule has 0 saturated heterocycles. The van der Waals surface area contributed by atoms with Crippen LogP contribution in [0.3, 0.4) is 0 Å². The molecule has 2 rings (SSSR count). The molecule has 1 aromatic carbocycles. The molecule has 1 amide bonds. The van der Waals surface area contributed by atoms with Crippen molar-refractivity contribution in [2.45, 2.75) is 32.7 Å². The van der Waals surface area contributed by atoms with E-state index in [1.165, 1.54) is 25.5 Å². The van der Waals surface area contributed by atoms with Crippen molar-refractivity contribution >= 4 is 28.8 Å². The highest BCUT2D eigenvalue weighted by Crippen LogP contribution is 2.25. The lowest BCUT2D eigenvalue weighted by Crippen LogP contribution is -2.47. The molecule has 0 radical (unpaired) electrons. The van der Waals surface area contributed by atoms with Crippen molar-refractivity contribution in [3.05, 3.63) is 30.0 Å². The monoisotopic (exact) mass is 377 g/mol. The van der Waals surface area contributed by atoms with Gasteiger partial charge in [-0.3, -0.25) is 9.59 Å². The quantitative estimate of drug-likeness (QED) is 0.675. The minimum Gasteiger partial charge on any atom is -0.508 e. The van der Waals surface area contributed by atoms with E-state index >= 15 is 0 Å². The number of ether oxygens (including phenoxy) is 2. The maximum Gasteiger partial charge on any atom is 0.328 e. The topological polar surface area (TPSA) is 115 Å². The van der Waals surface area contributed by atoms with Crippen LogP contribution in [0.15, 0.2) is 28.9 Å². The summed E-state index contributed by atoms with van der Waals surface area (Å²) in [5.41, 5.74) is 1.03. The van der Waals surface area contributed by atoms with Crippen LogP contribution in [0, 0.1) is 5.92 Å². The van der Waals surface area contributed by atoms with Gasteiger partial charge in [-0.05, 0) is 18.1 Å². The lowest BCUT2D eigenvalue weighted by molar-refractivity contribution is -0.150. The number of carbonyl (C=O) groups excluding carboxylic acids is 3. The number of phenolic OH excluding ortho intramolecular Hbond substituents is 1. The van der Waals surface area contributed by atoms with Gasteiger partial charge in [0.1, 0.15) is 17.4 Å². The SMILES string of the molecule is CC[C@H](C)[C@H](NC(=O)COC(=O)Cc1coc2cc(O)ccc12)C(=O)OC. The number of rotatable bonds is 8. The molecule has 0 aliphatic carbocycles.